The lowest BCUT2D eigenvalue weighted by molar-refractivity contribution is -0.142. The monoisotopic (exact) mass is 285 g/mol. The summed E-state index contributed by atoms with van der Waals surface area (Å²) in [5, 5.41) is 19.9. The van der Waals surface area contributed by atoms with Gasteiger partial charge in [-0.3, -0.25) is 4.79 Å². The van der Waals surface area contributed by atoms with Crippen molar-refractivity contribution in [2.75, 3.05) is 20.7 Å². The first kappa shape index (κ1) is 17.7. The van der Waals surface area contributed by atoms with Gasteiger partial charge >= 0.3 is 18.0 Å². The fourth-order valence-electron chi connectivity index (χ4n) is 1.42. The zero-order chi connectivity index (χ0) is 15.7. The lowest BCUT2D eigenvalue weighted by Gasteiger charge is -2.22. The highest BCUT2D eigenvalue weighted by Crippen LogP contribution is 2.02. The summed E-state index contributed by atoms with van der Waals surface area (Å²) >= 11 is 0. The molecule has 1 unspecified atom stereocenters. The predicted octanol–water partition coefficient (Wildman–Crippen LogP) is 0.194. The van der Waals surface area contributed by atoms with Crippen LogP contribution in [0.25, 0.3) is 0 Å². The number of nitriles is 1. The highest BCUT2D eigenvalue weighted by atomic mass is 16.5. The molecule has 8 heteroatoms. The van der Waals surface area contributed by atoms with E-state index >= 15 is 0 Å². The Morgan fingerprint density at radius 1 is 1.45 bits per heavy atom. The molecular formula is C12H19N3O5. The summed E-state index contributed by atoms with van der Waals surface area (Å²) in [6.45, 7) is 1.83. The van der Waals surface area contributed by atoms with Crippen LogP contribution in [0.3, 0.4) is 0 Å². The molecule has 0 aromatic heterocycles. The molecule has 0 saturated heterocycles. The van der Waals surface area contributed by atoms with E-state index in [-0.39, 0.29) is 25.3 Å². The van der Waals surface area contributed by atoms with Gasteiger partial charge in [-0.2, -0.15) is 5.26 Å². The van der Waals surface area contributed by atoms with E-state index in [9.17, 15) is 14.4 Å². The number of hydrogen-bond acceptors (Lipinski definition) is 5. The minimum atomic E-state index is -1.23. The van der Waals surface area contributed by atoms with Gasteiger partial charge in [0.1, 0.15) is 6.04 Å². The molecule has 112 valence electrons. The Kier molecular flexibility index (Phi) is 7.74. The molecule has 0 saturated carbocycles. The number of hydrogen-bond donors (Lipinski definition) is 2. The van der Waals surface area contributed by atoms with Gasteiger partial charge in [-0.1, -0.05) is 0 Å². The second-order valence-electron chi connectivity index (χ2n) is 4.37. The van der Waals surface area contributed by atoms with Gasteiger partial charge in [0, 0.05) is 20.0 Å². The number of methoxy groups -OCH3 is 1. The average molecular weight is 285 g/mol. The summed E-state index contributed by atoms with van der Waals surface area (Å²) in [6, 6.07) is 0.189. The van der Waals surface area contributed by atoms with E-state index in [1.807, 2.05) is 6.07 Å². The summed E-state index contributed by atoms with van der Waals surface area (Å²) in [7, 11) is 2.66. The molecule has 0 spiro atoms. The van der Waals surface area contributed by atoms with Crippen molar-refractivity contribution in [1.82, 2.24) is 10.2 Å². The number of carboxylic acid groups (broad SMARTS) is 1. The normalized spacial score (nSPS) is 12.7. The first-order chi connectivity index (χ1) is 9.31. The van der Waals surface area contributed by atoms with E-state index in [1.165, 1.54) is 19.1 Å². The molecule has 0 aliphatic heterocycles. The third kappa shape index (κ3) is 6.58. The Balaban J connectivity index is 4.44. The van der Waals surface area contributed by atoms with Gasteiger partial charge < -0.3 is 20.1 Å². The molecule has 2 N–H and O–H groups in total. The van der Waals surface area contributed by atoms with Gasteiger partial charge in [-0.05, 0) is 13.3 Å². The molecule has 8 nitrogen and oxygen atoms in total. The Morgan fingerprint density at radius 3 is 2.50 bits per heavy atom. The molecule has 0 aliphatic rings. The summed E-state index contributed by atoms with van der Waals surface area (Å²) < 4.78 is 4.41. The lowest BCUT2D eigenvalue weighted by atomic mass is 10.1. The number of nitrogens with zero attached hydrogens (tertiary/aromatic N) is 2. The highest BCUT2D eigenvalue weighted by molar-refractivity contribution is 5.83. The number of esters is 1. The van der Waals surface area contributed by atoms with Crippen LogP contribution in [0.15, 0.2) is 0 Å². The lowest BCUT2D eigenvalue weighted by Crippen LogP contribution is -2.47. The van der Waals surface area contributed by atoms with Crippen LogP contribution < -0.4 is 5.32 Å². The van der Waals surface area contributed by atoms with Gasteiger partial charge in [-0.25, -0.2) is 9.59 Å². The smallest absolute Gasteiger partial charge is 0.326 e. The number of carboxylic acids is 1. The maximum absolute atomic E-state index is 11.7. The van der Waals surface area contributed by atoms with Crippen LogP contribution in [-0.4, -0.2) is 54.7 Å². The van der Waals surface area contributed by atoms with E-state index < -0.39 is 24.0 Å². The van der Waals surface area contributed by atoms with Crippen LogP contribution in [0.1, 0.15) is 19.8 Å². The van der Waals surface area contributed by atoms with Gasteiger partial charge in [-0.15, -0.1) is 0 Å². The third-order valence-corrected chi connectivity index (χ3v) is 2.58. The predicted molar refractivity (Wildman–Crippen MR) is 68.6 cm³/mol. The van der Waals surface area contributed by atoms with Crippen molar-refractivity contribution in [3.8, 4) is 6.07 Å². The summed E-state index contributed by atoms with van der Waals surface area (Å²) in [5.41, 5.74) is 0. The maximum atomic E-state index is 11.7. The molecule has 2 amide bonds. The summed E-state index contributed by atoms with van der Waals surface area (Å²) in [6.07, 6.45) is -0.165. The standard InChI is InChI=1S/C12H19N3O5/c1-8(6-13)7-15(2)12(19)14-9(11(17)18)4-5-10(16)20-3/h8-9H,4-5,7H2,1-3H3,(H,14,19)(H,17,18)/t8?,9-/m1/s1. The van der Waals surface area contributed by atoms with Crippen molar-refractivity contribution in [2.45, 2.75) is 25.8 Å². The Bertz CT molecular complexity index is 404. The van der Waals surface area contributed by atoms with Crippen molar-refractivity contribution in [2.24, 2.45) is 5.92 Å². The molecule has 0 radical (unpaired) electrons. The van der Waals surface area contributed by atoms with Gasteiger partial charge in [0.2, 0.25) is 0 Å². The van der Waals surface area contributed by atoms with Crippen molar-refractivity contribution in [3.63, 3.8) is 0 Å². The van der Waals surface area contributed by atoms with Crippen LogP contribution in [0.5, 0.6) is 0 Å². The number of carbonyl (C=O) groups excluding carboxylic acids is 2. The number of aliphatic carboxylic acids is 1. The number of rotatable bonds is 7. The van der Waals surface area contributed by atoms with Crippen LogP contribution in [-0.2, 0) is 14.3 Å². The van der Waals surface area contributed by atoms with E-state index in [0.29, 0.717) is 0 Å². The molecule has 0 bridgehead atoms. The second kappa shape index (κ2) is 8.74. The summed E-state index contributed by atoms with van der Waals surface area (Å²) in [4.78, 5) is 34.9. The van der Waals surface area contributed by atoms with Gasteiger partial charge in [0.15, 0.2) is 0 Å². The molecule has 0 fully saturated rings. The quantitative estimate of drug-likeness (QED) is 0.644. The van der Waals surface area contributed by atoms with Gasteiger partial charge in [0.25, 0.3) is 0 Å². The van der Waals surface area contributed by atoms with Crippen LogP contribution in [0.2, 0.25) is 0 Å². The van der Waals surface area contributed by atoms with E-state index in [4.69, 9.17) is 10.4 Å². The van der Waals surface area contributed by atoms with Crippen molar-refractivity contribution in [3.05, 3.63) is 0 Å². The topological polar surface area (TPSA) is 120 Å². The first-order valence-corrected chi connectivity index (χ1v) is 6.02. The van der Waals surface area contributed by atoms with Crippen LogP contribution >= 0.6 is 0 Å². The molecule has 0 rings (SSSR count). The zero-order valence-electron chi connectivity index (χ0n) is 11.8. The number of urea groups is 1. The maximum Gasteiger partial charge on any atom is 0.326 e. The molecule has 2 atom stereocenters. The highest BCUT2D eigenvalue weighted by Gasteiger charge is 2.23. The number of carbonyl (C=O) groups is 3. The SMILES string of the molecule is COC(=O)CC[C@@H](NC(=O)N(C)CC(C)C#N)C(=O)O. The number of nitrogens with one attached hydrogen (secondary N) is 1. The molecule has 0 aliphatic carbocycles. The van der Waals surface area contributed by atoms with Crippen molar-refractivity contribution >= 4 is 18.0 Å². The zero-order valence-corrected chi connectivity index (χ0v) is 11.8. The van der Waals surface area contributed by atoms with Crippen LogP contribution in [0, 0.1) is 17.2 Å². The molecule has 0 heterocycles. The largest absolute Gasteiger partial charge is 0.480 e. The fraction of sp³-hybridized carbons (Fsp3) is 0.667. The molecule has 0 aromatic rings. The average Bonchev–Trinajstić information content (AvgIpc) is 2.41. The van der Waals surface area contributed by atoms with Crippen LogP contribution in [0.4, 0.5) is 4.79 Å². The minimum absolute atomic E-state index is 0.0601. The molecular weight excluding hydrogens is 266 g/mol. The van der Waals surface area contributed by atoms with Gasteiger partial charge in [0.05, 0.1) is 19.1 Å². The third-order valence-electron chi connectivity index (χ3n) is 2.58. The van der Waals surface area contributed by atoms with Crippen molar-refractivity contribution < 1.29 is 24.2 Å². The Labute approximate surface area is 117 Å². The second-order valence-corrected chi connectivity index (χ2v) is 4.37. The minimum Gasteiger partial charge on any atom is -0.480 e. The number of ether oxygens (including phenoxy) is 1. The van der Waals surface area contributed by atoms with E-state index in [2.05, 4.69) is 10.1 Å². The number of amides is 2. The first-order valence-electron chi connectivity index (χ1n) is 6.02. The van der Waals surface area contributed by atoms with E-state index in [0.717, 1.165) is 0 Å². The Morgan fingerprint density at radius 2 is 2.05 bits per heavy atom. The fourth-order valence-corrected chi connectivity index (χ4v) is 1.42. The van der Waals surface area contributed by atoms with Crippen molar-refractivity contribution in [1.29, 1.82) is 5.26 Å². The molecule has 0 aromatic carbocycles. The summed E-state index contributed by atoms with van der Waals surface area (Å²) in [5.74, 6) is -2.13. The Hall–Kier alpha value is -2.30. The van der Waals surface area contributed by atoms with E-state index in [1.54, 1.807) is 6.92 Å². The molecule has 20 heavy (non-hydrogen) atoms.